The maximum Gasteiger partial charge on any atom is 0.0173 e. The van der Waals surface area contributed by atoms with Gasteiger partial charge in [0, 0.05) is 13.1 Å². The Balaban J connectivity index is 2.68. The molecule has 1 aliphatic rings. The van der Waals surface area contributed by atoms with E-state index in [-0.39, 0.29) is 0 Å². The maximum atomic E-state index is 3.38. The van der Waals surface area contributed by atoms with Gasteiger partial charge in [-0.3, -0.25) is 0 Å². The van der Waals surface area contributed by atoms with Crippen molar-refractivity contribution in [1.29, 1.82) is 0 Å². The summed E-state index contributed by atoms with van der Waals surface area (Å²) in [5, 5.41) is 3.38. The van der Waals surface area contributed by atoms with E-state index in [0.717, 1.165) is 19.0 Å². The van der Waals surface area contributed by atoms with E-state index in [1.54, 1.807) is 11.1 Å². The molecule has 0 saturated carbocycles. The largest absolute Gasteiger partial charge is 0.309 e. The van der Waals surface area contributed by atoms with Crippen molar-refractivity contribution in [1.82, 2.24) is 5.32 Å². The van der Waals surface area contributed by atoms with Crippen LogP contribution in [0.15, 0.2) is 11.1 Å². The van der Waals surface area contributed by atoms with Gasteiger partial charge in [-0.2, -0.15) is 0 Å². The van der Waals surface area contributed by atoms with Gasteiger partial charge in [-0.05, 0) is 12.3 Å². The molecule has 58 valence electrons. The Hall–Kier alpha value is -0.300. The second kappa shape index (κ2) is 3.20. The van der Waals surface area contributed by atoms with Crippen molar-refractivity contribution in [2.75, 3.05) is 13.1 Å². The van der Waals surface area contributed by atoms with Crippen LogP contribution in [0, 0.1) is 5.92 Å². The Bertz CT molecular complexity index is 145. The van der Waals surface area contributed by atoms with Crippen molar-refractivity contribution in [2.45, 2.75) is 27.2 Å². The van der Waals surface area contributed by atoms with E-state index in [1.165, 1.54) is 6.42 Å². The summed E-state index contributed by atoms with van der Waals surface area (Å²) in [4.78, 5) is 0. The molecule has 0 saturated heterocycles. The van der Waals surface area contributed by atoms with Crippen molar-refractivity contribution < 1.29 is 0 Å². The summed E-state index contributed by atoms with van der Waals surface area (Å²) in [6, 6.07) is 0. The van der Waals surface area contributed by atoms with E-state index in [0.29, 0.717) is 0 Å². The first-order valence-corrected chi connectivity index (χ1v) is 4.17. The minimum Gasteiger partial charge on any atom is -0.309 e. The fourth-order valence-electron chi connectivity index (χ4n) is 1.55. The lowest BCUT2D eigenvalue weighted by atomic mass is 9.99. The zero-order valence-electron chi connectivity index (χ0n) is 7.20. The van der Waals surface area contributed by atoms with Gasteiger partial charge in [0.15, 0.2) is 0 Å². The molecule has 1 heteroatoms. The summed E-state index contributed by atoms with van der Waals surface area (Å²) in [6.07, 6.45) is 1.22. The Morgan fingerprint density at radius 2 is 2.10 bits per heavy atom. The second-order valence-corrected chi connectivity index (χ2v) is 3.24. The molecule has 10 heavy (non-hydrogen) atoms. The molecule has 0 fully saturated rings. The van der Waals surface area contributed by atoms with Gasteiger partial charge in [0.1, 0.15) is 0 Å². The Morgan fingerprint density at radius 3 is 2.50 bits per heavy atom. The van der Waals surface area contributed by atoms with Gasteiger partial charge in [-0.25, -0.2) is 0 Å². The fraction of sp³-hybridized carbons (Fsp3) is 0.778. The van der Waals surface area contributed by atoms with Gasteiger partial charge >= 0.3 is 0 Å². The normalized spacial score (nSPS) is 19.2. The van der Waals surface area contributed by atoms with E-state index >= 15 is 0 Å². The molecule has 0 aromatic heterocycles. The lowest BCUT2D eigenvalue weighted by Crippen LogP contribution is -2.10. The molecule has 0 amide bonds. The van der Waals surface area contributed by atoms with Crippen LogP contribution in [0.5, 0.6) is 0 Å². The third-order valence-corrected chi connectivity index (χ3v) is 2.23. The monoisotopic (exact) mass is 139 g/mol. The third-order valence-electron chi connectivity index (χ3n) is 2.23. The summed E-state index contributed by atoms with van der Waals surface area (Å²) in [6.45, 7) is 9.05. The van der Waals surface area contributed by atoms with Crippen LogP contribution in [0.1, 0.15) is 27.2 Å². The first-order chi connectivity index (χ1) is 4.75. The van der Waals surface area contributed by atoms with Crippen LogP contribution in [0.25, 0.3) is 0 Å². The van der Waals surface area contributed by atoms with Crippen LogP contribution >= 0.6 is 0 Å². The van der Waals surface area contributed by atoms with Crippen molar-refractivity contribution >= 4 is 0 Å². The number of hydrogen-bond acceptors (Lipinski definition) is 1. The molecule has 1 aliphatic heterocycles. The standard InChI is InChI=1S/C9H17N/c1-4-8-5-10-6-9(8)7(2)3/h7,10H,4-6H2,1-3H3. The van der Waals surface area contributed by atoms with Crippen molar-refractivity contribution in [3.05, 3.63) is 11.1 Å². The van der Waals surface area contributed by atoms with Crippen LogP contribution in [-0.2, 0) is 0 Å². The molecule has 0 aromatic rings. The molecule has 1 N–H and O–H groups in total. The molecule has 0 unspecified atom stereocenters. The number of rotatable bonds is 2. The van der Waals surface area contributed by atoms with Gasteiger partial charge in [-0.1, -0.05) is 31.9 Å². The Labute approximate surface area is 63.5 Å². The van der Waals surface area contributed by atoms with Crippen molar-refractivity contribution in [3.8, 4) is 0 Å². The number of nitrogens with one attached hydrogen (secondary N) is 1. The smallest absolute Gasteiger partial charge is 0.0173 e. The highest BCUT2D eigenvalue weighted by Gasteiger charge is 2.14. The maximum absolute atomic E-state index is 3.38. The summed E-state index contributed by atoms with van der Waals surface area (Å²) < 4.78 is 0. The highest BCUT2D eigenvalue weighted by atomic mass is 14.9. The van der Waals surface area contributed by atoms with Crippen molar-refractivity contribution in [2.24, 2.45) is 5.92 Å². The molecule has 0 radical (unpaired) electrons. The summed E-state index contributed by atoms with van der Waals surface area (Å²) in [7, 11) is 0. The predicted molar refractivity (Wildman–Crippen MR) is 45.0 cm³/mol. The van der Waals surface area contributed by atoms with Gasteiger partial charge in [0.2, 0.25) is 0 Å². The van der Waals surface area contributed by atoms with Crippen LogP contribution < -0.4 is 5.32 Å². The van der Waals surface area contributed by atoms with Crippen LogP contribution in [0.4, 0.5) is 0 Å². The molecule has 1 nitrogen and oxygen atoms in total. The van der Waals surface area contributed by atoms with E-state index in [9.17, 15) is 0 Å². The fourth-order valence-corrected chi connectivity index (χ4v) is 1.55. The lowest BCUT2D eigenvalue weighted by molar-refractivity contribution is 0.728. The topological polar surface area (TPSA) is 12.0 Å². The number of hydrogen-bond donors (Lipinski definition) is 1. The van der Waals surface area contributed by atoms with Crippen LogP contribution in [0.3, 0.4) is 0 Å². The third kappa shape index (κ3) is 1.40. The average molecular weight is 139 g/mol. The molecule has 0 bridgehead atoms. The lowest BCUT2D eigenvalue weighted by Gasteiger charge is -2.07. The highest BCUT2D eigenvalue weighted by Crippen LogP contribution is 2.19. The molecule has 0 atom stereocenters. The van der Waals surface area contributed by atoms with E-state index in [2.05, 4.69) is 26.1 Å². The molecular weight excluding hydrogens is 122 g/mol. The molecule has 0 aliphatic carbocycles. The zero-order chi connectivity index (χ0) is 7.56. The zero-order valence-corrected chi connectivity index (χ0v) is 7.20. The summed E-state index contributed by atoms with van der Waals surface area (Å²) in [5.74, 6) is 0.741. The minimum absolute atomic E-state index is 0.741. The first-order valence-electron chi connectivity index (χ1n) is 4.17. The summed E-state index contributed by atoms with van der Waals surface area (Å²) >= 11 is 0. The van der Waals surface area contributed by atoms with E-state index < -0.39 is 0 Å². The highest BCUT2D eigenvalue weighted by molar-refractivity contribution is 5.23. The van der Waals surface area contributed by atoms with Gasteiger partial charge in [-0.15, -0.1) is 0 Å². The summed E-state index contributed by atoms with van der Waals surface area (Å²) in [5.41, 5.74) is 3.28. The average Bonchev–Trinajstić information content (AvgIpc) is 2.33. The minimum atomic E-state index is 0.741. The van der Waals surface area contributed by atoms with Crippen LogP contribution in [-0.4, -0.2) is 13.1 Å². The molecule has 1 heterocycles. The Kier molecular flexibility index (Phi) is 2.50. The SMILES string of the molecule is CCC1=C(C(C)C)CNC1. The Morgan fingerprint density at radius 1 is 1.40 bits per heavy atom. The van der Waals surface area contributed by atoms with Gasteiger partial charge in [0.05, 0.1) is 0 Å². The van der Waals surface area contributed by atoms with Gasteiger partial charge < -0.3 is 5.32 Å². The predicted octanol–water partition coefficient (Wildman–Crippen LogP) is 1.95. The van der Waals surface area contributed by atoms with Gasteiger partial charge in [0.25, 0.3) is 0 Å². The quantitative estimate of drug-likeness (QED) is 0.577. The molecular formula is C9H17N. The van der Waals surface area contributed by atoms with E-state index in [4.69, 9.17) is 0 Å². The first kappa shape index (κ1) is 7.80. The molecule has 1 rings (SSSR count). The van der Waals surface area contributed by atoms with E-state index in [1.807, 2.05) is 0 Å². The van der Waals surface area contributed by atoms with Crippen molar-refractivity contribution in [3.63, 3.8) is 0 Å². The van der Waals surface area contributed by atoms with Crippen LogP contribution in [0.2, 0.25) is 0 Å². The molecule has 0 aromatic carbocycles. The molecule has 0 spiro atoms. The second-order valence-electron chi connectivity index (χ2n) is 3.24.